The van der Waals surface area contributed by atoms with E-state index in [0.717, 1.165) is 5.56 Å². The molecule has 0 spiro atoms. The van der Waals surface area contributed by atoms with Crippen molar-refractivity contribution in [1.82, 2.24) is 0 Å². The zero-order chi connectivity index (χ0) is 15.7. The molecule has 1 heterocycles. The summed E-state index contributed by atoms with van der Waals surface area (Å²) in [5, 5.41) is 0.796. The van der Waals surface area contributed by atoms with Gasteiger partial charge in [-0.15, -0.1) is 0 Å². The minimum absolute atomic E-state index is 0.149. The zero-order valence-corrected chi connectivity index (χ0v) is 12.8. The topological polar surface area (TPSA) is 35.5 Å². The highest BCUT2D eigenvalue weighted by atomic mass is 35.5. The first-order valence-electron chi connectivity index (χ1n) is 6.59. The maximum atomic E-state index is 13.6. The smallest absolute Gasteiger partial charge is 0.348 e. The van der Waals surface area contributed by atoms with E-state index in [1.807, 2.05) is 0 Å². The Morgan fingerprint density at radius 2 is 2.14 bits per heavy atom. The zero-order valence-electron chi connectivity index (χ0n) is 11.3. The molecule has 1 aliphatic heterocycles. The molecule has 0 aromatic heterocycles. The number of hydrogen-bond acceptors (Lipinski definition) is 3. The summed E-state index contributed by atoms with van der Waals surface area (Å²) in [6.45, 7) is -0.235. The summed E-state index contributed by atoms with van der Waals surface area (Å²) in [7, 11) is 0. The molecule has 3 nitrogen and oxygen atoms in total. The first-order chi connectivity index (χ1) is 10.5. The highest BCUT2D eigenvalue weighted by molar-refractivity contribution is 6.31. The van der Waals surface area contributed by atoms with Gasteiger partial charge in [-0.3, -0.25) is 0 Å². The van der Waals surface area contributed by atoms with Crippen LogP contribution >= 0.6 is 23.2 Å². The van der Waals surface area contributed by atoms with E-state index >= 15 is 0 Å². The first-order valence-corrected chi connectivity index (χ1v) is 7.35. The van der Waals surface area contributed by atoms with Gasteiger partial charge < -0.3 is 9.47 Å². The van der Waals surface area contributed by atoms with Crippen LogP contribution in [0.1, 0.15) is 11.1 Å². The van der Waals surface area contributed by atoms with Crippen molar-refractivity contribution in [2.45, 2.75) is 19.1 Å². The molecule has 1 unspecified atom stereocenters. The minimum Gasteiger partial charge on any atom is -0.478 e. The van der Waals surface area contributed by atoms with E-state index in [2.05, 4.69) is 0 Å². The van der Waals surface area contributed by atoms with Crippen LogP contribution < -0.4 is 4.74 Å². The second-order valence-corrected chi connectivity index (χ2v) is 5.71. The highest BCUT2D eigenvalue weighted by Gasteiger charge is 2.30. The molecular weight excluding hydrogens is 330 g/mol. The van der Waals surface area contributed by atoms with E-state index in [1.165, 1.54) is 18.2 Å². The lowest BCUT2D eigenvalue weighted by Gasteiger charge is -2.11. The third-order valence-electron chi connectivity index (χ3n) is 3.38. The van der Waals surface area contributed by atoms with Crippen molar-refractivity contribution >= 4 is 29.2 Å². The van der Waals surface area contributed by atoms with Gasteiger partial charge in [-0.25, -0.2) is 9.18 Å². The number of benzene rings is 2. The van der Waals surface area contributed by atoms with Crippen molar-refractivity contribution in [3.05, 3.63) is 63.4 Å². The molecule has 0 aliphatic carbocycles. The molecule has 1 aliphatic rings. The van der Waals surface area contributed by atoms with Gasteiger partial charge in [0.05, 0.1) is 5.02 Å². The monoisotopic (exact) mass is 340 g/mol. The standard InChI is InChI=1S/C16H11Cl2FO3/c17-10-4-5-14-9(6-10)7-15(22-14)16(20)21-8-11-12(18)2-1-3-13(11)19/h1-6,15H,7-8H2. The summed E-state index contributed by atoms with van der Waals surface area (Å²) >= 11 is 11.8. The molecular formula is C16H11Cl2FO3. The summed E-state index contributed by atoms with van der Waals surface area (Å²) in [6.07, 6.45) is -0.376. The Morgan fingerprint density at radius 1 is 1.32 bits per heavy atom. The van der Waals surface area contributed by atoms with Crippen molar-refractivity contribution in [2.75, 3.05) is 0 Å². The van der Waals surface area contributed by atoms with Crippen molar-refractivity contribution in [3.8, 4) is 5.75 Å². The largest absolute Gasteiger partial charge is 0.478 e. The minimum atomic E-state index is -0.751. The van der Waals surface area contributed by atoms with Gasteiger partial charge in [-0.05, 0) is 35.9 Å². The van der Waals surface area contributed by atoms with E-state index in [4.69, 9.17) is 32.7 Å². The van der Waals surface area contributed by atoms with Crippen molar-refractivity contribution in [3.63, 3.8) is 0 Å². The molecule has 0 saturated carbocycles. The Morgan fingerprint density at radius 3 is 2.91 bits per heavy atom. The number of carbonyl (C=O) groups excluding carboxylic acids is 1. The summed E-state index contributed by atoms with van der Waals surface area (Å²) in [5.74, 6) is -0.468. The molecule has 3 rings (SSSR count). The fourth-order valence-corrected chi connectivity index (χ4v) is 2.67. The summed E-state index contributed by atoms with van der Waals surface area (Å²) in [4.78, 5) is 12.0. The normalized spacial score (nSPS) is 16.0. The summed E-state index contributed by atoms with van der Waals surface area (Å²) < 4.78 is 24.2. The van der Waals surface area contributed by atoms with Gasteiger partial charge in [0.1, 0.15) is 18.2 Å². The van der Waals surface area contributed by atoms with Crippen LogP contribution in [0.3, 0.4) is 0 Å². The number of hydrogen-bond donors (Lipinski definition) is 0. The number of ether oxygens (including phenoxy) is 2. The third kappa shape index (κ3) is 3.03. The van der Waals surface area contributed by atoms with Gasteiger partial charge in [0, 0.05) is 17.0 Å². The molecule has 0 fully saturated rings. The Bertz CT molecular complexity index is 713. The highest BCUT2D eigenvalue weighted by Crippen LogP contribution is 2.31. The average molecular weight is 341 g/mol. The van der Waals surface area contributed by atoms with Crippen LogP contribution in [0.25, 0.3) is 0 Å². The number of rotatable bonds is 3. The van der Waals surface area contributed by atoms with E-state index < -0.39 is 17.9 Å². The molecule has 0 N–H and O–H groups in total. The number of carbonyl (C=O) groups is 1. The van der Waals surface area contributed by atoms with Crippen LogP contribution in [0, 0.1) is 5.82 Å². The van der Waals surface area contributed by atoms with Crippen LogP contribution in [0.2, 0.25) is 10.0 Å². The van der Waals surface area contributed by atoms with Gasteiger partial charge in [0.15, 0.2) is 6.10 Å². The molecule has 22 heavy (non-hydrogen) atoms. The van der Waals surface area contributed by atoms with E-state index in [-0.39, 0.29) is 17.2 Å². The van der Waals surface area contributed by atoms with Gasteiger partial charge in [0.25, 0.3) is 0 Å². The van der Waals surface area contributed by atoms with Crippen LogP contribution in [-0.4, -0.2) is 12.1 Å². The van der Waals surface area contributed by atoms with Gasteiger partial charge in [-0.1, -0.05) is 29.3 Å². The fraction of sp³-hybridized carbons (Fsp3) is 0.188. The lowest BCUT2D eigenvalue weighted by molar-refractivity contribution is -0.152. The van der Waals surface area contributed by atoms with Crippen LogP contribution in [0.4, 0.5) is 4.39 Å². The first kappa shape index (κ1) is 15.1. The van der Waals surface area contributed by atoms with Crippen molar-refractivity contribution < 1.29 is 18.7 Å². The molecule has 0 bridgehead atoms. The molecule has 2 aromatic rings. The maximum absolute atomic E-state index is 13.6. The SMILES string of the molecule is O=C(OCc1c(F)cccc1Cl)C1Cc2cc(Cl)ccc2O1. The fourth-order valence-electron chi connectivity index (χ4n) is 2.26. The van der Waals surface area contributed by atoms with E-state index in [9.17, 15) is 9.18 Å². The second kappa shape index (κ2) is 6.15. The molecule has 0 radical (unpaired) electrons. The van der Waals surface area contributed by atoms with Crippen molar-refractivity contribution in [1.29, 1.82) is 0 Å². The molecule has 1 atom stereocenters. The molecule has 6 heteroatoms. The summed E-state index contributed by atoms with van der Waals surface area (Å²) in [5.41, 5.74) is 0.995. The van der Waals surface area contributed by atoms with Crippen LogP contribution in [0.5, 0.6) is 5.75 Å². The number of fused-ring (bicyclic) bond motifs is 1. The Balaban J connectivity index is 1.65. The van der Waals surface area contributed by atoms with E-state index in [1.54, 1.807) is 18.2 Å². The van der Waals surface area contributed by atoms with Gasteiger partial charge >= 0.3 is 5.97 Å². The van der Waals surface area contributed by atoms with Crippen molar-refractivity contribution in [2.24, 2.45) is 0 Å². The lowest BCUT2D eigenvalue weighted by atomic mass is 10.1. The Hall–Kier alpha value is -1.78. The molecule has 0 amide bonds. The average Bonchev–Trinajstić information content (AvgIpc) is 2.89. The molecule has 0 saturated heterocycles. The Kier molecular flexibility index (Phi) is 4.23. The van der Waals surface area contributed by atoms with Crippen LogP contribution in [0.15, 0.2) is 36.4 Å². The predicted octanol–water partition coefficient (Wildman–Crippen LogP) is 4.18. The number of halogens is 3. The lowest BCUT2D eigenvalue weighted by Crippen LogP contribution is -2.27. The van der Waals surface area contributed by atoms with Gasteiger partial charge in [-0.2, -0.15) is 0 Å². The summed E-state index contributed by atoms with van der Waals surface area (Å²) in [6, 6.07) is 9.43. The van der Waals surface area contributed by atoms with E-state index in [0.29, 0.717) is 17.2 Å². The second-order valence-electron chi connectivity index (χ2n) is 4.87. The quantitative estimate of drug-likeness (QED) is 0.786. The van der Waals surface area contributed by atoms with Gasteiger partial charge in [0.2, 0.25) is 0 Å². The molecule has 114 valence electrons. The third-order valence-corrected chi connectivity index (χ3v) is 3.97. The Labute approximate surface area is 136 Å². The maximum Gasteiger partial charge on any atom is 0.348 e. The number of esters is 1. The predicted molar refractivity (Wildman–Crippen MR) is 80.8 cm³/mol. The van der Waals surface area contributed by atoms with Crippen LogP contribution in [-0.2, 0) is 22.6 Å². The molecule has 2 aromatic carbocycles.